The molecule has 0 aromatic carbocycles. The van der Waals surface area contributed by atoms with Crippen molar-refractivity contribution in [3.05, 3.63) is 17.6 Å². The Kier molecular flexibility index (Phi) is 3.27. The standard InChI is InChI=1S/C12H16N4O2/c1-7-8(2)14-10(6-13-7)15-9-4-5-11(17)16(3)12(9)18/h6,9H,4-5H2,1-3H3,(H,14,15). The Bertz CT molecular complexity index is 501. The van der Waals surface area contributed by atoms with E-state index in [4.69, 9.17) is 0 Å². The number of imide groups is 1. The Morgan fingerprint density at radius 3 is 2.72 bits per heavy atom. The van der Waals surface area contributed by atoms with Gasteiger partial charge >= 0.3 is 0 Å². The summed E-state index contributed by atoms with van der Waals surface area (Å²) in [7, 11) is 1.50. The zero-order chi connectivity index (χ0) is 13.3. The molecular formula is C12H16N4O2. The first-order chi connectivity index (χ1) is 8.49. The Balaban J connectivity index is 2.11. The first-order valence-electron chi connectivity index (χ1n) is 5.86. The number of carbonyl (C=O) groups is 2. The number of piperidine rings is 1. The van der Waals surface area contributed by atoms with Crippen LogP contribution in [-0.4, -0.2) is 39.8 Å². The van der Waals surface area contributed by atoms with Gasteiger partial charge in [0.15, 0.2) is 0 Å². The highest BCUT2D eigenvalue weighted by atomic mass is 16.2. The van der Waals surface area contributed by atoms with Gasteiger partial charge in [-0.25, -0.2) is 4.98 Å². The molecule has 2 heterocycles. The molecule has 1 aromatic rings. The Labute approximate surface area is 105 Å². The number of carbonyl (C=O) groups excluding carboxylic acids is 2. The van der Waals surface area contributed by atoms with Crippen LogP contribution in [0.2, 0.25) is 0 Å². The first-order valence-corrected chi connectivity index (χ1v) is 5.86. The SMILES string of the molecule is Cc1ncc(NC2CCC(=O)N(C)C2=O)nc1C. The molecule has 1 unspecified atom stereocenters. The largest absolute Gasteiger partial charge is 0.357 e. The minimum atomic E-state index is -0.399. The molecule has 6 heteroatoms. The van der Waals surface area contributed by atoms with Crippen molar-refractivity contribution in [1.82, 2.24) is 14.9 Å². The van der Waals surface area contributed by atoms with Gasteiger partial charge < -0.3 is 5.32 Å². The monoisotopic (exact) mass is 248 g/mol. The van der Waals surface area contributed by atoms with Crippen LogP contribution in [0.5, 0.6) is 0 Å². The van der Waals surface area contributed by atoms with Crippen LogP contribution in [0.3, 0.4) is 0 Å². The van der Waals surface area contributed by atoms with Crippen molar-refractivity contribution >= 4 is 17.6 Å². The second-order valence-electron chi connectivity index (χ2n) is 4.45. The summed E-state index contributed by atoms with van der Waals surface area (Å²) in [6.07, 6.45) is 2.47. The number of amides is 2. The molecule has 6 nitrogen and oxygen atoms in total. The van der Waals surface area contributed by atoms with E-state index in [-0.39, 0.29) is 11.8 Å². The molecule has 0 aliphatic carbocycles. The molecule has 1 saturated heterocycles. The first kappa shape index (κ1) is 12.5. The van der Waals surface area contributed by atoms with E-state index in [0.29, 0.717) is 18.7 Å². The zero-order valence-electron chi connectivity index (χ0n) is 10.7. The average Bonchev–Trinajstić information content (AvgIpc) is 2.34. The Morgan fingerprint density at radius 1 is 1.33 bits per heavy atom. The van der Waals surface area contributed by atoms with Gasteiger partial charge in [-0.2, -0.15) is 0 Å². The van der Waals surface area contributed by atoms with Gasteiger partial charge in [0.25, 0.3) is 5.91 Å². The smallest absolute Gasteiger partial charge is 0.251 e. The van der Waals surface area contributed by atoms with Crippen molar-refractivity contribution in [2.45, 2.75) is 32.7 Å². The van der Waals surface area contributed by atoms with Gasteiger partial charge in [0.1, 0.15) is 11.9 Å². The second-order valence-corrected chi connectivity index (χ2v) is 4.45. The van der Waals surface area contributed by atoms with E-state index < -0.39 is 6.04 Å². The van der Waals surface area contributed by atoms with E-state index in [1.807, 2.05) is 13.8 Å². The van der Waals surface area contributed by atoms with Gasteiger partial charge in [0.2, 0.25) is 5.91 Å². The summed E-state index contributed by atoms with van der Waals surface area (Å²) in [4.78, 5) is 32.9. The third kappa shape index (κ3) is 2.32. The van der Waals surface area contributed by atoms with E-state index in [2.05, 4.69) is 15.3 Å². The highest BCUT2D eigenvalue weighted by Crippen LogP contribution is 2.16. The molecular weight excluding hydrogens is 232 g/mol. The number of rotatable bonds is 2. The molecule has 2 rings (SSSR count). The summed E-state index contributed by atoms with van der Waals surface area (Å²) in [6, 6.07) is -0.399. The lowest BCUT2D eigenvalue weighted by Crippen LogP contribution is -2.48. The van der Waals surface area contributed by atoms with Crippen LogP contribution < -0.4 is 5.32 Å². The molecule has 1 aromatic heterocycles. The maximum atomic E-state index is 11.9. The maximum absolute atomic E-state index is 11.9. The van der Waals surface area contributed by atoms with Gasteiger partial charge in [-0.15, -0.1) is 0 Å². The summed E-state index contributed by atoms with van der Waals surface area (Å²) in [5.41, 5.74) is 1.69. The summed E-state index contributed by atoms with van der Waals surface area (Å²) in [6.45, 7) is 3.75. The Morgan fingerprint density at radius 2 is 2.06 bits per heavy atom. The number of hydrogen-bond donors (Lipinski definition) is 1. The number of likely N-dealkylation sites (tertiary alicyclic amines) is 1. The van der Waals surface area contributed by atoms with Gasteiger partial charge in [0, 0.05) is 13.5 Å². The summed E-state index contributed by atoms with van der Waals surface area (Å²) in [5.74, 6) is 0.217. The van der Waals surface area contributed by atoms with Crippen molar-refractivity contribution in [2.24, 2.45) is 0 Å². The molecule has 0 radical (unpaired) electrons. The number of aromatic nitrogens is 2. The molecule has 1 N–H and O–H groups in total. The normalized spacial score (nSPS) is 20.2. The molecule has 2 amide bonds. The van der Waals surface area contributed by atoms with Gasteiger partial charge in [-0.05, 0) is 20.3 Å². The highest BCUT2D eigenvalue weighted by Gasteiger charge is 2.31. The van der Waals surface area contributed by atoms with E-state index in [1.165, 1.54) is 7.05 Å². The third-order valence-electron chi connectivity index (χ3n) is 3.16. The number of nitrogens with zero attached hydrogens (tertiary/aromatic N) is 3. The fourth-order valence-corrected chi connectivity index (χ4v) is 1.84. The molecule has 18 heavy (non-hydrogen) atoms. The predicted molar refractivity (Wildman–Crippen MR) is 65.9 cm³/mol. The molecule has 1 aliphatic heterocycles. The van der Waals surface area contributed by atoms with Crippen molar-refractivity contribution < 1.29 is 9.59 Å². The summed E-state index contributed by atoms with van der Waals surface area (Å²) < 4.78 is 0. The number of nitrogens with one attached hydrogen (secondary N) is 1. The molecule has 0 bridgehead atoms. The number of anilines is 1. The van der Waals surface area contributed by atoms with Crippen LogP contribution in [0.4, 0.5) is 5.82 Å². The summed E-state index contributed by atoms with van der Waals surface area (Å²) in [5, 5.41) is 3.03. The topological polar surface area (TPSA) is 75.2 Å². The lowest BCUT2D eigenvalue weighted by atomic mass is 10.0. The average molecular weight is 248 g/mol. The van der Waals surface area contributed by atoms with E-state index in [9.17, 15) is 9.59 Å². The number of hydrogen-bond acceptors (Lipinski definition) is 5. The number of aryl methyl sites for hydroxylation is 2. The maximum Gasteiger partial charge on any atom is 0.251 e. The predicted octanol–water partition coefficient (Wildman–Crippen LogP) is 0.653. The molecule has 0 saturated carbocycles. The lowest BCUT2D eigenvalue weighted by Gasteiger charge is -2.28. The van der Waals surface area contributed by atoms with Crippen LogP contribution in [0.25, 0.3) is 0 Å². The molecule has 96 valence electrons. The van der Waals surface area contributed by atoms with Crippen LogP contribution in [-0.2, 0) is 9.59 Å². The molecule has 1 atom stereocenters. The van der Waals surface area contributed by atoms with Gasteiger partial charge in [0.05, 0.1) is 17.6 Å². The fourth-order valence-electron chi connectivity index (χ4n) is 1.84. The minimum Gasteiger partial charge on any atom is -0.357 e. The van der Waals surface area contributed by atoms with Crippen LogP contribution in [0.15, 0.2) is 6.20 Å². The van der Waals surface area contributed by atoms with Crippen LogP contribution >= 0.6 is 0 Å². The van der Waals surface area contributed by atoms with Crippen molar-refractivity contribution in [2.75, 3.05) is 12.4 Å². The molecule has 0 spiro atoms. The van der Waals surface area contributed by atoms with E-state index in [1.54, 1.807) is 6.20 Å². The van der Waals surface area contributed by atoms with E-state index >= 15 is 0 Å². The third-order valence-corrected chi connectivity index (χ3v) is 3.16. The Hall–Kier alpha value is -1.98. The van der Waals surface area contributed by atoms with Crippen molar-refractivity contribution in [1.29, 1.82) is 0 Å². The zero-order valence-corrected chi connectivity index (χ0v) is 10.7. The van der Waals surface area contributed by atoms with Gasteiger partial charge in [-0.1, -0.05) is 0 Å². The summed E-state index contributed by atoms with van der Waals surface area (Å²) >= 11 is 0. The quantitative estimate of drug-likeness (QED) is 0.778. The lowest BCUT2D eigenvalue weighted by molar-refractivity contribution is -0.146. The van der Waals surface area contributed by atoms with Gasteiger partial charge in [-0.3, -0.25) is 19.5 Å². The van der Waals surface area contributed by atoms with Crippen LogP contribution in [0.1, 0.15) is 24.2 Å². The molecule has 1 fully saturated rings. The van der Waals surface area contributed by atoms with E-state index in [0.717, 1.165) is 16.3 Å². The molecule has 1 aliphatic rings. The number of likely N-dealkylation sites (N-methyl/N-ethyl adjacent to an activating group) is 1. The van der Waals surface area contributed by atoms with Crippen molar-refractivity contribution in [3.8, 4) is 0 Å². The highest BCUT2D eigenvalue weighted by molar-refractivity contribution is 6.01. The van der Waals surface area contributed by atoms with Crippen LogP contribution in [0, 0.1) is 13.8 Å². The fraction of sp³-hybridized carbons (Fsp3) is 0.500. The minimum absolute atomic E-state index is 0.135. The second kappa shape index (κ2) is 4.72. The van der Waals surface area contributed by atoms with Crippen molar-refractivity contribution in [3.63, 3.8) is 0 Å².